The molecule has 0 bridgehead atoms. The number of benzene rings is 1. The number of amides is 1. The van der Waals surface area contributed by atoms with Crippen LogP contribution in [0.1, 0.15) is 47.5 Å². The van der Waals surface area contributed by atoms with Gasteiger partial charge in [0.15, 0.2) is 5.16 Å². The maximum absolute atomic E-state index is 12.9. The molecule has 140 valence electrons. The number of carbonyl (C=O) groups is 1. The maximum Gasteiger partial charge on any atom is 0.236 e. The van der Waals surface area contributed by atoms with Crippen molar-refractivity contribution in [1.82, 2.24) is 14.9 Å². The highest BCUT2D eigenvalue weighted by Crippen LogP contribution is 2.31. The number of hydrogen-bond acceptors (Lipinski definition) is 5. The number of rotatable bonds is 7. The number of fused-ring (bicyclic) bond motifs is 1. The summed E-state index contributed by atoms with van der Waals surface area (Å²) in [7, 11) is 0. The molecule has 1 aliphatic carbocycles. The molecule has 1 aromatic carbocycles. The molecule has 1 atom stereocenters. The third kappa shape index (κ3) is 4.29. The number of thioether (sulfide) groups is 1. The Morgan fingerprint density at radius 3 is 2.38 bits per heavy atom. The van der Waals surface area contributed by atoms with Crippen LogP contribution in [0.4, 0.5) is 5.82 Å². The number of nitrogens with one attached hydrogen (secondary N) is 1. The SMILES string of the molecule is CC(C)N(C(=O)[C@H](C)Sc1nc(NC2CC2)c2ccccc2n1)C(C)C. The summed E-state index contributed by atoms with van der Waals surface area (Å²) in [4.78, 5) is 24.2. The summed E-state index contributed by atoms with van der Waals surface area (Å²) in [6.07, 6.45) is 2.38. The minimum absolute atomic E-state index is 0.133. The van der Waals surface area contributed by atoms with E-state index in [9.17, 15) is 4.79 Å². The number of anilines is 1. The van der Waals surface area contributed by atoms with Gasteiger partial charge in [0.05, 0.1) is 10.8 Å². The summed E-state index contributed by atoms with van der Waals surface area (Å²) >= 11 is 1.44. The molecule has 1 fully saturated rings. The Balaban J connectivity index is 1.84. The average molecular weight is 373 g/mol. The molecule has 0 saturated heterocycles. The van der Waals surface area contributed by atoms with Gasteiger partial charge in [0.1, 0.15) is 5.82 Å². The number of aromatic nitrogens is 2. The van der Waals surface area contributed by atoms with E-state index in [4.69, 9.17) is 4.98 Å². The Morgan fingerprint density at radius 2 is 1.77 bits per heavy atom. The van der Waals surface area contributed by atoms with Crippen molar-refractivity contribution in [2.75, 3.05) is 5.32 Å². The minimum Gasteiger partial charge on any atom is -0.367 e. The smallest absolute Gasteiger partial charge is 0.236 e. The van der Waals surface area contributed by atoms with Crippen molar-refractivity contribution in [1.29, 1.82) is 0 Å². The summed E-state index contributed by atoms with van der Waals surface area (Å²) < 4.78 is 0. The lowest BCUT2D eigenvalue weighted by Crippen LogP contribution is -2.45. The van der Waals surface area contributed by atoms with E-state index in [-0.39, 0.29) is 23.2 Å². The highest BCUT2D eigenvalue weighted by Gasteiger charge is 2.27. The molecule has 0 unspecified atom stereocenters. The molecule has 6 heteroatoms. The predicted octanol–water partition coefficient (Wildman–Crippen LogP) is 4.33. The van der Waals surface area contributed by atoms with E-state index < -0.39 is 0 Å². The fourth-order valence-electron chi connectivity index (χ4n) is 3.16. The van der Waals surface area contributed by atoms with Crippen molar-refractivity contribution in [3.8, 4) is 0 Å². The Kier molecular flexibility index (Phi) is 5.70. The molecular weight excluding hydrogens is 344 g/mol. The van der Waals surface area contributed by atoms with Crippen LogP contribution < -0.4 is 5.32 Å². The van der Waals surface area contributed by atoms with E-state index in [1.54, 1.807) is 0 Å². The lowest BCUT2D eigenvalue weighted by atomic mass is 10.2. The van der Waals surface area contributed by atoms with Crippen LogP contribution in [-0.4, -0.2) is 44.2 Å². The zero-order valence-corrected chi connectivity index (χ0v) is 17.0. The fourth-order valence-corrected chi connectivity index (χ4v) is 4.00. The van der Waals surface area contributed by atoms with Gasteiger partial charge >= 0.3 is 0 Å². The van der Waals surface area contributed by atoms with Gasteiger partial charge in [0.2, 0.25) is 5.91 Å². The molecular formula is C20H28N4OS. The first-order valence-electron chi connectivity index (χ1n) is 9.39. The van der Waals surface area contributed by atoms with Gasteiger partial charge in [-0.3, -0.25) is 4.79 Å². The number of carbonyl (C=O) groups excluding carboxylic acids is 1. The number of para-hydroxylation sites is 1. The molecule has 1 aromatic heterocycles. The van der Waals surface area contributed by atoms with Gasteiger partial charge in [-0.25, -0.2) is 9.97 Å². The van der Waals surface area contributed by atoms with Crippen molar-refractivity contribution in [3.05, 3.63) is 24.3 Å². The summed E-state index contributed by atoms with van der Waals surface area (Å²) in [5.74, 6) is 1.01. The highest BCUT2D eigenvalue weighted by atomic mass is 32.2. The minimum atomic E-state index is -0.227. The topological polar surface area (TPSA) is 58.1 Å². The predicted molar refractivity (Wildman–Crippen MR) is 109 cm³/mol. The molecule has 0 aliphatic heterocycles. The molecule has 2 aromatic rings. The van der Waals surface area contributed by atoms with Crippen LogP contribution in [0.2, 0.25) is 0 Å². The van der Waals surface area contributed by atoms with Gasteiger partial charge in [0.25, 0.3) is 0 Å². The van der Waals surface area contributed by atoms with Gasteiger partial charge in [0, 0.05) is 23.5 Å². The highest BCUT2D eigenvalue weighted by molar-refractivity contribution is 8.00. The van der Waals surface area contributed by atoms with Gasteiger partial charge in [-0.1, -0.05) is 23.9 Å². The van der Waals surface area contributed by atoms with Crippen LogP contribution in [0.3, 0.4) is 0 Å². The molecule has 3 rings (SSSR count). The summed E-state index contributed by atoms with van der Waals surface area (Å²) in [6.45, 7) is 10.2. The van der Waals surface area contributed by atoms with Gasteiger partial charge in [-0.05, 0) is 59.6 Å². The zero-order valence-electron chi connectivity index (χ0n) is 16.2. The fraction of sp³-hybridized carbons (Fsp3) is 0.550. The largest absolute Gasteiger partial charge is 0.367 e. The van der Waals surface area contributed by atoms with E-state index in [1.165, 1.54) is 24.6 Å². The lowest BCUT2D eigenvalue weighted by Gasteiger charge is -2.32. The zero-order chi connectivity index (χ0) is 18.8. The normalized spacial score (nSPS) is 15.5. The Labute approximate surface area is 160 Å². The summed E-state index contributed by atoms with van der Waals surface area (Å²) in [5.41, 5.74) is 0.914. The van der Waals surface area contributed by atoms with Crippen LogP contribution in [-0.2, 0) is 4.79 Å². The van der Waals surface area contributed by atoms with Crippen LogP contribution >= 0.6 is 11.8 Å². The van der Waals surface area contributed by atoms with Crippen LogP contribution in [0.15, 0.2) is 29.4 Å². The first kappa shape index (κ1) is 19.0. The van der Waals surface area contributed by atoms with Gasteiger partial charge in [-0.2, -0.15) is 0 Å². The average Bonchev–Trinajstić information content (AvgIpc) is 3.38. The third-order valence-corrected chi connectivity index (χ3v) is 5.45. The quantitative estimate of drug-likeness (QED) is 0.579. The van der Waals surface area contributed by atoms with E-state index in [1.807, 2.05) is 36.1 Å². The number of nitrogens with zero attached hydrogens (tertiary/aromatic N) is 3. The van der Waals surface area contributed by atoms with E-state index >= 15 is 0 Å². The summed E-state index contributed by atoms with van der Waals surface area (Å²) in [6, 6.07) is 8.90. The molecule has 1 N–H and O–H groups in total. The van der Waals surface area contributed by atoms with Crippen LogP contribution in [0, 0.1) is 0 Å². The Morgan fingerprint density at radius 1 is 1.12 bits per heavy atom. The van der Waals surface area contributed by atoms with E-state index in [0.717, 1.165) is 16.7 Å². The molecule has 0 spiro atoms. The van der Waals surface area contributed by atoms with E-state index in [2.05, 4.69) is 38.0 Å². The Hall–Kier alpha value is -1.82. The van der Waals surface area contributed by atoms with Gasteiger partial charge in [-0.15, -0.1) is 0 Å². The third-order valence-electron chi connectivity index (χ3n) is 4.50. The monoisotopic (exact) mass is 372 g/mol. The summed E-state index contributed by atoms with van der Waals surface area (Å²) in [5, 5.41) is 4.96. The van der Waals surface area contributed by atoms with Crippen molar-refractivity contribution >= 4 is 34.4 Å². The van der Waals surface area contributed by atoms with Crippen molar-refractivity contribution in [2.24, 2.45) is 0 Å². The second kappa shape index (κ2) is 7.82. The molecule has 26 heavy (non-hydrogen) atoms. The molecule has 1 aliphatic rings. The molecule has 0 radical (unpaired) electrons. The van der Waals surface area contributed by atoms with Crippen molar-refractivity contribution in [2.45, 2.75) is 76.0 Å². The number of hydrogen-bond donors (Lipinski definition) is 1. The first-order chi connectivity index (χ1) is 12.4. The molecule has 1 saturated carbocycles. The lowest BCUT2D eigenvalue weighted by molar-refractivity contribution is -0.133. The van der Waals surface area contributed by atoms with Crippen molar-refractivity contribution < 1.29 is 4.79 Å². The van der Waals surface area contributed by atoms with Crippen molar-refractivity contribution in [3.63, 3.8) is 0 Å². The standard InChI is InChI=1S/C20H28N4OS/c1-12(2)24(13(3)4)19(25)14(5)26-20-22-17-9-7-6-8-16(17)18(23-20)21-15-10-11-15/h6-9,12-15H,10-11H2,1-5H3,(H,21,22,23)/t14-/m0/s1. The molecule has 5 nitrogen and oxygen atoms in total. The van der Waals surface area contributed by atoms with Gasteiger partial charge < -0.3 is 10.2 Å². The maximum atomic E-state index is 12.9. The molecule has 1 amide bonds. The second-order valence-electron chi connectivity index (χ2n) is 7.48. The Bertz CT molecular complexity index is 780. The van der Waals surface area contributed by atoms with Crippen LogP contribution in [0.5, 0.6) is 0 Å². The first-order valence-corrected chi connectivity index (χ1v) is 10.3. The second-order valence-corrected chi connectivity index (χ2v) is 8.79. The van der Waals surface area contributed by atoms with Crippen LogP contribution in [0.25, 0.3) is 10.9 Å². The van der Waals surface area contributed by atoms with E-state index in [0.29, 0.717) is 11.2 Å². The molecule has 1 heterocycles.